The maximum absolute atomic E-state index is 5.80. The van der Waals surface area contributed by atoms with E-state index in [1.54, 1.807) is 18.1 Å². The fourth-order valence-electron chi connectivity index (χ4n) is 1.56. The topological polar surface area (TPSA) is 29.0 Å². The maximum atomic E-state index is 5.80. The average molecular weight is 244 g/mol. The van der Waals surface area contributed by atoms with Gasteiger partial charge < -0.3 is 4.90 Å². The van der Waals surface area contributed by atoms with Gasteiger partial charge in [0.05, 0.1) is 0 Å². The predicted octanol–water partition coefficient (Wildman–Crippen LogP) is 2.41. The van der Waals surface area contributed by atoms with Crippen molar-refractivity contribution in [2.75, 3.05) is 23.6 Å². The number of anilines is 1. The Balaban J connectivity index is 2.16. The maximum Gasteiger partial charge on any atom is 0.133 e. The molecule has 0 atom stereocenters. The number of nitrogens with zero attached hydrogens (tertiary/aromatic N) is 3. The summed E-state index contributed by atoms with van der Waals surface area (Å²) in [5.74, 6) is 1.66. The highest BCUT2D eigenvalue weighted by Crippen LogP contribution is 2.31. The van der Waals surface area contributed by atoms with Crippen LogP contribution in [0.15, 0.2) is 17.4 Å². The lowest BCUT2D eigenvalue weighted by Gasteiger charge is -2.22. The summed E-state index contributed by atoms with van der Waals surface area (Å²) in [7, 11) is 0. The molecule has 0 spiro atoms. The lowest BCUT2D eigenvalue weighted by molar-refractivity contribution is 0.801. The van der Waals surface area contributed by atoms with Crippen LogP contribution in [-0.4, -0.2) is 34.7 Å². The van der Waals surface area contributed by atoms with Crippen molar-refractivity contribution in [1.29, 1.82) is 0 Å². The first-order chi connectivity index (χ1) is 7.35. The van der Waals surface area contributed by atoms with Gasteiger partial charge in [-0.3, -0.25) is 0 Å². The Labute approximate surface area is 99.2 Å². The molecule has 1 heterocycles. The lowest BCUT2D eigenvalue weighted by Crippen LogP contribution is -2.28. The van der Waals surface area contributed by atoms with Crippen molar-refractivity contribution in [2.24, 2.45) is 0 Å². The van der Waals surface area contributed by atoms with Gasteiger partial charge in [0.1, 0.15) is 17.2 Å². The molecule has 82 valence electrons. The van der Waals surface area contributed by atoms with E-state index in [1.165, 1.54) is 12.8 Å². The molecule has 0 aromatic carbocycles. The fourth-order valence-corrected chi connectivity index (χ4v) is 2.12. The largest absolute Gasteiger partial charge is 0.352 e. The van der Waals surface area contributed by atoms with Crippen molar-refractivity contribution in [3.63, 3.8) is 0 Å². The van der Waals surface area contributed by atoms with Crippen LogP contribution in [0.4, 0.5) is 5.82 Å². The first-order valence-electron chi connectivity index (χ1n) is 5.04. The molecule has 3 nitrogen and oxygen atoms in total. The molecule has 1 aliphatic carbocycles. The zero-order valence-corrected chi connectivity index (χ0v) is 10.3. The number of rotatable bonds is 5. The van der Waals surface area contributed by atoms with Crippen LogP contribution in [0.5, 0.6) is 0 Å². The summed E-state index contributed by atoms with van der Waals surface area (Å²) in [6.45, 7) is 0.872. The van der Waals surface area contributed by atoms with Gasteiger partial charge in [0, 0.05) is 24.5 Å². The summed E-state index contributed by atoms with van der Waals surface area (Å²) in [5, 5.41) is 1.01. The normalized spacial score (nSPS) is 15.3. The zero-order chi connectivity index (χ0) is 10.7. The van der Waals surface area contributed by atoms with Crippen LogP contribution in [0.1, 0.15) is 12.8 Å². The first-order valence-corrected chi connectivity index (χ1v) is 6.79. The van der Waals surface area contributed by atoms with Crippen LogP contribution in [0, 0.1) is 0 Å². The average Bonchev–Trinajstić information content (AvgIpc) is 3.10. The Hall–Kier alpha value is -0.480. The summed E-state index contributed by atoms with van der Waals surface area (Å²) in [4.78, 5) is 10.8. The molecule has 2 rings (SSSR count). The second-order valence-electron chi connectivity index (χ2n) is 3.53. The highest BCUT2D eigenvalue weighted by Gasteiger charge is 2.29. The Morgan fingerprint density at radius 3 is 2.93 bits per heavy atom. The van der Waals surface area contributed by atoms with Gasteiger partial charge in [-0.2, -0.15) is 0 Å². The van der Waals surface area contributed by atoms with Gasteiger partial charge in [-0.05, 0) is 19.1 Å². The molecule has 5 heteroatoms. The number of halogens is 1. The minimum Gasteiger partial charge on any atom is -0.352 e. The monoisotopic (exact) mass is 243 g/mol. The van der Waals surface area contributed by atoms with E-state index in [1.807, 2.05) is 12.3 Å². The van der Waals surface area contributed by atoms with E-state index in [0.29, 0.717) is 11.9 Å². The molecule has 15 heavy (non-hydrogen) atoms. The number of hydrogen-bond donors (Lipinski definition) is 0. The van der Waals surface area contributed by atoms with E-state index < -0.39 is 0 Å². The molecule has 0 N–H and O–H groups in total. The number of alkyl halides is 1. The third-order valence-corrected chi connectivity index (χ3v) is 3.25. The number of hydrogen-bond acceptors (Lipinski definition) is 4. The predicted molar refractivity (Wildman–Crippen MR) is 64.9 cm³/mol. The van der Waals surface area contributed by atoms with E-state index in [9.17, 15) is 0 Å². The summed E-state index contributed by atoms with van der Waals surface area (Å²) < 4.78 is 0. The van der Waals surface area contributed by atoms with E-state index >= 15 is 0 Å². The molecule has 1 aromatic heterocycles. The van der Waals surface area contributed by atoms with E-state index in [0.717, 1.165) is 17.4 Å². The third kappa shape index (κ3) is 2.75. The van der Waals surface area contributed by atoms with Crippen LogP contribution in [0.3, 0.4) is 0 Å². The fraction of sp³-hybridized carbons (Fsp3) is 0.600. The first kappa shape index (κ1) is 11.0. The number of aromatic nitrogens is 2. The highest BCUT2D eigenvalue weighted by atomic mass is 35.5. The molecule has 1 saturated carbocycles. The highest BCUT2D eigenvalue weighted by molar-refractivity contribution is 7.98. The molecule has 0 radical (unpaired) electrons. The lowest BCUT2D eigenvalue weighted by atomic mass is 10.4. The van der Waals surface area contributed by atoms with Crippen LogP contribution in [0.2, 0.25) is 0 Å². The summed E-state index contributed by atoms with van der Waals surface area (Å²) in [5.41, 5.74) is 0. The summed E-state index contributed by atoms with van der Waals surface area (Å²) in [6.07, 6.45) is 6.17. The summed E-state index contributed by atoms with van der Waals surface area (Å²) >= 11 is 7.44. The van der Waals surface area contributed by atoms with Crippen molar-refractivity contribution in [1.82, 2.24) is 9.97 Å². The van der Waals surface area contributed by atoms with Crippen LogP contribution < -0.4 is 4.90 Å². The molecule has 0 saturated heterocycles. The van der Waals surface area contributed by atoms with Crippen molar-refractivity contribution in [3.8, 4) is 0 Å². The molecule has 1 aliphatic rings. The number of thioether (sulfide) groups is 1. The Morgan fingerprint density at radius 1 is 1.53 bits per heavy atom. The molecule has 0 bridgehead atoms. The molecular formula is C10H14ClN3S. The van der Waals surface area contributed by atoms with Gasteiger partial charge in [0.15, 0.2) is 0 Å². The van der Waals surface area contributed by atoms with Crippen molar-refractivity contribution >= 4 is 29.2 Å². The molecule has 1 aromatic rings. The smallest absolute Gasteiger partial charge is 0.133 e. The SMILES string of the molecule is CSc1cc(N(CCCl)C2CC2)ncn1. The molecule has 0 unspecified atom stereocenters. The van der Waals surface area contributed by atoms with Gasteiger partial charge >= 0.3 is 0 Å². The van der Waals surface area contributed by atoms with Crippen LogP contribution >= 0.6 is 23.4 Å². The summed E-state index contributed by atoms with van der Waals surface area (Å²) in [6, 6.07) is 2.68. The zero-order valence-electron chi connectivity index (χ0n) is 8.69. The standard InChI is InChI=1S/C10H14ClN3S/c1-15-10-6-9(12-7-13-10)14(5-4-11)8-2-3-8/h6-8H,2-5H2,1H3. The third-order valence-electron chi connectivity index (χ3n) is 2.44. The van der Waals surface area contributed by atoms with Crippen molar-refractivity contribution in [2.45, 2.75) is 23.9 Å². The van der Waals surface area contributed by atoms with Gasteiger partial charge in [0.25, 0.3) is 0 Å². The van der Waals surface area contributed by atoms with Gasteiger partial charge in [-0.25, -0.2) is 9.97 Å². The molecule has 0 aliphatic heterocycles. The second kappa shape index (κ2) is 5.03. The van der Waals surface area contributed by atoms with Crippen LogP contribution in [-0.2, 0) is 0 Å². The molecule has 0 amide bonds. The minimum atomic E-state index is 0.647. The van der Waals surface area contributed by atoms with E-state index in [4.69, 9.17) is 11.6 Å². The van der Waals surface area contributed by atoms with Crippen molar-refractivity contribution < 1.29 is 0 Å². The molecular weight excluding hydrogens is 230 g/mol. The van der Waals surface area contributed by atoms with E-state index in [2.05, 4.69) is 14.9 Å². The minimum absolute atomic E-state index is 0.647. The van der Waals surface area contributed by atoms with Crippen LogP contribution in [0.25, 0.3) is 0 Å². The van der Waals surface area contributed by atoms with Crippen molar-refractivity contribution in [3.05, 3.63) is 12.4 Å². The second-order valence-corrected chi connectivity index (χ2v) is 4.74. The van der Waals surface area contributed by atoms with Gasteiger partial charge in [-0.15, -0.1) is 23.4 Å². The quantitative estimate of drug-likeness (QED) is 0.451. The van der Waals surface area contributed by atoms with Gasteiger partial charge in [-0.1, -0.05) is 0 Å². The van der Waals surface area contributed by atoms with E-state index in [-0.39, 0.29) is 0 Å². The molecule has 1 fully saturated rings. The Morgan fingerprint density at radius 2 is 2.33 bits per heavy atom. The Kier molecular flexibility index (Phi) is 3.70. The Bertz CT molecular complexity index is 330. The van der Waals surface area contributed by atoms with Gasteiger partial charge in [0.2, 0.25) is 0 Å².